The van der Waals surface area contributed by atoms with Crippen LogP contribution in [0.5, 0.6) is 5.88 Å². The lowest BCUT2D eigenvalue weighted by molar-refractivity contribution is 0.0696. The van der Waals surface area contributed by atoms with E-state index in [1.54, 1.807) is 30.3 Å². The van der Waals surface area contributed by atoms with Crippen LogP contribution in [0.1, 0.15) is 36.0 Å². The van der Waals surface area contributed by atoms with Crippen molar-refractivity contribution in [2.75, 3.05) is 14.2 Å². The third-order valence-electron chi connectivity index (χ3n) is 3.66. The van der Waals surface area contributed by atoms with E-state index in [4.69, 9.17) is 16.3 Å². The van der Waals surface area contributed by atoms with E-state index in [0.717, 1.165) is 25.7 Å². The number of carbonyl (C=O) groups is 1. The van der Waals surface area contributed by atoms with Crippen LogP contribution in [0, 0.1) is 0 Å². The Labute approximate surface area is 118 Å². The van der Waals surface area contributed by atoms with E-state index in [-0.39, 0.29) is 17.3 Å². The van der Waals surface area contributed by atoms with Crippen molar-refractivity contribution in [2.45, 2.75) is 37.1 Å². The van der Waals surface area contributed by atoms with Gasteiger partial charge in [-0.1, -0.05) is 12.8 Å². The van der Waals surface area contributed by atoms with Crippen LogP contribution in [0.25, 0.3) is 0 Å². The lowest BCUT2D eigenvalue weighted by Crippen LogP contribution is -2.44. The maximum atomic E-state index is 12.5. The molecule has 2 atom stereocenters. The van der Waals surface area contributed by atoms with Gasteiger partial charge in [-0.15, -0.1) is 11.6 Å². The topological polar surface area (TPSA) is 42.4 Å². The van der Waals surface area contributed by atoms with Crippen molar-refractivity contribution < 1.29 is 9.53 Å². The van der Waals surface area contributed by atoms with E-state index >= 15 is 0 Å². The number of rotatable bonds is 3. The molecule has 0 spiro atoms. The van der Waals surface area contributed by atoms with E-state index in [9.17, 15) is 4.79 Å². The van der Waals surface area contributed by atoms with Gasteiger partial charge >= 0.3 is 0 Å². The van der Waals surface area contributed by atoms with Crippen LogP contribution in [-0.2, 0) is 0 Å². The minimum Gasteiger partial charge on any atom is -0.480 e. The van der Waals surface area contributed by atoms with Crippen molar-refractivity contribution >= 4 is 17.5 Å². The number of pyridine rings is 1. The van der Waals surface area contributed by atoms with Gasteiger partial charge in [-0.05, 0) is 25.0 Å². The van der Waals surface area contributed by atoms with Crippen LogP contribution in [0.4, 0.5) is 0 Å². The Balaban J connectivity index is 2.18. The molecular formula is C14H19ClN2O2. The lowest BCUT2D eigenvalue weighted by Gasteiger charge is -2.35. The SMILES string of the molecule is COc1ncccc1C(=O)N(C)C1CCCCC1Cl. The van der Waals surface area contributed by atoms with Crippen molar-refractivity contribution in [3.63, 3.8) is 0 Å². The lowest BCUT2D eigenvalue weighted by atomic mass is 9.93. The number of carbonyl (C=O) groups excluding carboxylic acids is 1. The Hall–Kier alpha value is -1.29. The molecule has 19 heavy (non-hydrogen) atoms. The first-order valence-corrected chi connectivity index (χ1v) is 6.99. The Kier molecular flexibility index (Phi) is 4.64. The fraction of sp³-hybridized carbons (Fsp3) is 0.571. The fourth-order valence-corrected chi connectivity index (χ4v) is 3.01. The molecule has 0 aromatic carbocycles. The molecule has 2 rings (SSSR count). The summed E-state index contributed by atoms with van der Waals surface area (Å²) in [7, 11) is 3.32. The van der Waals surface area contributed by atoms with Gasteiger partial charge in [0.1, 0.15) is 5.56 Å². The highest BCUT2D eigenvalue weighted by atomic mass is 35.5. The standard InChI is InChI=1S/C14H19ClN2O2/c1-17(12-8-4-3-7-11(12)15)14(18)10-6-5-9-16-13(10)19-2/h5-6,9,11-12H,3-4,7-8H2,1-2H3. The Bertz CT molecular complexity index is 453. The van der Waals surface area contributed by atoms with E-state index in [2.05, 4.69) is 4.98 Å². The van der Waals surface area contributed by atoms with Crippen molar-refractivity contribution in [2.24, 2.45) is 0 Å². The van der Waals surface area contributed by atoms with Gasteiger partial charge in [0.2, 0.25) is 5.88 Å². The molecule has 0 aliphatic heterocycles. The third kappa shape index (κ3) is 3.00. The Morgan fingerprint density at radius 2 is 2.21 bits per heavy atom. The summed E-state index contributed by atoms with van der Waals surface area (Å²) in [6.45, 7) is 0. The second kappa shape index (κ2) is 6.24. The first-order chi connectivity index (χ1) is 9.15. The van der Waals surface area contributed by atoms with Crippen LogP contribution >= 0.6 is 11.6 Å². The fourth-order valence-electron chi connectivity index (χ4n) is 2.56. The van der Waals surface area contributed by atoms with Crippen molar-refractivity contribution in [1.29, 1.82) is 0 Å². The minimum absolute atomic E-state index is 0.0327. The highest BCUT2D eigenvalue weighted by molar-refractivity contribution is 6.21. The average molecular weight is 283 g/mol. The zero-order valence-corrected chi connectivity index (χ0v) is 12.1. The van der Waals surface area contributed by atoms with Crippen LogP contribution in [0.2, 0.25) is 0 Å². The van der Waals surface area contributed by atoms with E-state index in [1.165, 1.54) is 7.11 Å². The van der Waals surface area contributed by atoms with Gasteiger partial charge in [0.25, 0.3) is 5.91 Å². The number of alkyl halides is 1. The molecule has 1 heterocycles. The first kappa shape index (κ1) is 14.1. The maximum absolute atomic E-state index is 12.5. The molecule has 1 amide bonds. The Morgan fingerprint density at radius 3 is 2.89 bits per heavy atom. The largest absolute Gasteiger partial charge is 0.480 e. The molecule has 1 fully saturated rings. The summed E-state index contributed by atoms with van der Waals surface area (Å²) in [4.78, 5) is 18.3. The Morgan fingerprint density at radius 1 is 1.47 bits per heavy atom. The molecule has 0 radical (unpaired) electrons. The molecule has 1 aliphatic rings. The molecular weight excluding hydrogens is 264 g/mol. The normalized spacial score (nSPS) is 22.9. The van der Waals surface area contributed by atoms with Crippen molar-refractivity contribution in [3.05, 3.63) is 23.9 Å². The van der Waals surface area contributed by atoms with Crippen LogP contribution in [0.3, 0.4) is 0 Å². The summed E-state index contributed by atoms with van der Waals surface area (Å²) in [6.07, 6.45) is 5.80. The van der Waals surface area contributed by atoms with Gasteiger partial charge in [-0.3, -0.25) is 4.79 Å². The summed E-state index contributed by atoms with van der Waals surface area (Å²) in [5, 5.41) is 0.0327. The number of amides is 1. The smallest absolute Gasteiger partial charge is 0.259 e. The van der Waals surface area contributed by atoms with Crippen molar-refractivity contribution in [1.82, 2.24) is 9.88 Å². The molecule has 1 saturated carbocycles. The molecule has 5 heteroatoms. The van der Waals surface area contributed by atoms with Gasteiger partial charge in [0, 0.05) is 19.3 Å². The van der Waals surface area contributed by atoms with Crippen LogP contribution in [-0.4, -0.2) is 41.4 Å². The summed E-state index contributed by atoms with van der Waals surface area (Å²) < 4.78 is 5.14. The van der Waals surface area contributed by atoms with Gasteiger partial charge in [0.05, 0.1) is 12.5 Å². The zero-order chi connectivity index (χ0) is 13.8. The quantitative estimate of drug-likeness (QED) is 0.801. The first-order valence-electron chi connectivity index (χ1n) is 6.55. The van der Waals surface area contributed by atoms with Crippen LogP contribution < -0.4 is 4.74 Å². The summed E-state index contributed by atoms with van der Waals surface area (Å²) in [5.41, 5.74) is 0.488. The highest BCUT2D eigenvalue weighted by Crippen LogP contribution is 2.28. The molecule has 4 nitrogen and oxygen atoms in total. The summed E-state index contributed by atoms with van der Waals surface area (Å²) in [5.74, 6) is 0.281. The van der Waals surface area contributed by atoms with E-state index in [1.807, 2.05) is 0 Å². The number of hydrogen-bond donors (Lipinski definition) is 0. The number of methoxy groups -OCH3 is 1. The van der Waals surface area contributed by atoms with Gasteiger partial charge < -0.3 is 9.64 Å². The molecule has 0 saturated heterocycles. The average Bonchev–Trinajstić information content (AvgIpc) is 2.46. The minimum atomic E-state index is -0.0810. The number of nitrogens with zero attached hydrogens (tertiary/aromatic N) is 2. The molecule has 1 aliphatic carbocycles. The number of hydrogen-bond acceptors (Lipinski definition) is 3. The second-order valence-electron chi connectivity index (χ2n) is 4.84. The van der Waals surface area contributed by atoms with E-state index in [0.29, 0.717) is 11.4 Å². The number of halogens is 1. The van der Waals surface area contributed by atoms with Gasteiger partial charge in [0.15, 0.2) is 0 Å². The molecule has 104 valence electrons. The molecule has 1 aromatic rings. The predicted octanol–water partition coefficient (Wildman–Crippen LogP) is 2.71. The van der Waals surface area contributed by atoms with Gasteiger partial charge in [-0.25, -0.2) is 4.98 Å². The number of aromatic nitrogens is 1. The summed E-state index contributed by atoms with van der Waals surface area (Å²) >= 11 is 6.34. The molecule has 2 unspecified atom stereocenters. The molecule has 1 aromatic heterocycles. The zero-order valence-electron chi connectivity index (χ0n) is 11.3. The predicted molar refractivity (Wildman–Crippen MR) is 74.8 cm³/mol. The highest BCUT2D eigenvalue weighted by Gasteiger charge is 2.30. The number of ether oxygens (including phenoxy) is 1. The monoisotopic (exact) mass is 282 g/mol. The molecule has 0 bridgehead atoms. The second-order valence-corrected chi connectivity index (χ2v) is 5.40. The van der Waals surface area contributed by atoms with Crippen LogP contribution in [0.15, 0.2) is 18.3 Å². The maximum Gasteiger partial charge on any atom is 0.259 e. The van der Waals surface area contributed by atoms with E-state index < -0.39 is 0 Å². The summed E-state index contributed by atoms with van der Waals surface area (Å²) in [6, 6.07) is 3.56. The van der Waals surface area contributed by atoms with Gasteiger partial charge in [-0.2, -0.15) is 0 Å². The third-order valence-corrected chi connectivity index (χ3v) is 4.17. The van der Waals surface area contributed by atoms with Crippen molar-refractivity contribution in [3.8, 4) is 5.88 Å². The molecule has 0 N–H and O–H groups in total.